The Kier molecular flexibility index (Phi) is 7.51. The molecule has 0 fully saturated rings. The molecule has 0 aliphatic carbocycles. The molecule has 1 N–H and O–H groups in total. The lowest BCUT2D eigenvalue weighted by Gasteiger charge is -2.13. The molecule has 1 rings (SSSR count). The van der Waals surface area contributed by atoms with Gasteiger partial charge in [-0.05, 0) is 32.4 Å². The average Bonchev–Trinajstić information content (AvgIpc) is 2.37. The van der Waals surface area contributed by atoms with Crippen LogP contribution in [-0.4, -0.2) is 13.2 Å². The van der Waals surface area contributed by atoms with Crippen LogP contribution in [-0.2, 0) is 6.54 Å². The first-order chi connectivity index (χ1) is 8.77. The molecule has 0 radical (unpaired) electrons. The van der Waals surface area contributed by atoms with Crippen molar-refractivity contribution in [3.63, 3.8) is 0 Å². The van der Waals surface area contributed by atoms with E-state index < -0.39 is 0 Å². The molecule has 0 aliphatic heterocycles. The van der Waals surface area contributed by atoms with E-state index in [-0.39, 0.29) is 0 Å². The first-order valence-corrected chi connectivity index (χ1v) is 7.21. The highest BCUT2D eigenvalue weighted by atomic mass is 16.5. The topological polar surface area (TPSA) is 21.3 Å². The van der Waals surface area contributed by atoms with Crippen LogP contribution in [0.4, 0.5) is 0 Å². The smallest absolute Gasteiger partial charge is 0.123 e. The van der Waals surface area contributed by atoms with E-state index in [4.69, 9.17) is 4.74 Å². The van der Waals surface area contributed by atoms with Crippen LogP contribution in [0.3, 0.4) is 0 Å². The first-order valence-electron chi connectivity index (χ1n) is 7.21. The lowest BCUT2D eigenvalue weighted by Crippen LogP contribution is -2.15. The van der Waals surface area contributed by atoms with E-state index in [0.29, 0.717) is 0 Å². The van der Waals surface area contributed by atoms with Gasteiger partial charge in [-0.25, -0.2) is 0 Å². The molecule has 0 aromatic heterocycles. The molecule has 2 nitrogen and oxygen atoms in total. The fourth-order valence-corrected chi connectivity index (χ4v) is 1.92. The predicted molar refractivity (Wildman–Crippen MR) is 78.2 cm³/mol. The molecule has 2 heteroatoms. The average molecular weight is 249 g/mol. The van der Waals surface area contributed by atoms with Crippen molar-refractivity contribution in [1.29, 1.82) is 0 Å². The molecule has 1 aromatic rings. The number of rotatable bonds is 9. The van der Waals surface area contributed by atoms with E-state index in [0.717, 1.165) is 31.9 Å². The SMILES string of the molecule is CCCCCOc1ccc(C)cc1CNCCC. The molecular weight excluding hydrogens is 222 g/mol. The molecule has 0 unspecified atom stereocenters. The Morgan fingerprint density at radius 3 is 2.67 bits per heavy atom. The first kappa shape index (κ1) is 15.0. The quantitative estimate of drug-likeness (QED) is 0.666. The third kappa shape index (κ3) is 5.54. The van der Waals surface area contributed by atoms with E-state index in [1.807, 2.05) is 0 Å². The van der Waals surface area contributed by atoms with Crippen LogP contribution < -0.4 is 10.1 Å². The van der Waals surface area contributed by atoms with Gasteiger partial charge in [0.2, 0.25) is 0 Å². The van der Waals surface area contributed by atoms with Crippen molar-refractivity contribution in [2.24, 2.45) is 0 Å². The van der Waals surface area contributed by atoms with Gasteiger partial charge in [0.15, 0.2) is 0 Å². The maximum Gasteiger partial charge on any atom is 0.123 e. The summed E-state index contributed by atoms with van der Waals surface area (Å²) in [7, 11) is 0. The van der Waals surface area contributed by atoms with Crippen molar-refractivity contribution in [3.8, 4) is 5.75 Å². The third-order valence-corrected chi connectivity index (χ3v) is 2.96. The summed E-state index contributed by atoms with van der Waals surface area (Å²) in [5, 5.41) is 3.44. The summed E-state index contributed by atoms with van der Waals surface area (Å²) in [4.78, 5) is 0. The summed E-state index contributed by atoms with van der Waals surface area (Å²) in [6, 6.07) is 6.44. The van der Waals surface area contributed by atoms with Gasteiger partial charge in [-0.15, -0.1) is 0 Å². The molecule has 0 heterocycles. The van der Waals surface area contributed by atoms with E-state index in [2.05, 4.69) is 44.3 Å². The van der Waals surface area contributed by atoms with Crippen LogP contribution in [0.2, 0.25) is 0 Å². The number of unbranched alkanes of at least 4 members (excludes halogenated alkanes) is 2. The minimum absolute atomic E-state index is 0.831. The van der Waals surface area contributed by atoms with Crippen molar-refractivity contribution >= 4 is 0 Å². The summed E-state index contributed by atoms with van der Waals surface area (Å²) >= 11 is 0. The van der Waals surface area contributed by atoms with Crippen LogP contribution in [0.25, 0.3) is 0 Å². The molecule has 0 saturated carbocycles. The standard InChI is InChI=1S/C16H27NO/c1-4-6-7-11-18-16-9-8-14(3)12-15(16)13-17-10-5-2/h8-9,12,17H,4-7,10-11,13H2,1-3H3. The van der Waals surface area contributed by atoms with Crippen LogP contribution in [0.15, 0.2) is 18.2 Å². The zero-order valence-electron chi connectivity index (χ0n) is 12.1. The highest BCUT2D eigenvalue weighted by Crippen LogP contribution is 2.20. The van der Waals surface area contributed by atoms with E-state index in [9.17, 15) is 0 Å². The highest BCUT2D eigenvalue weighted by molar-refractivity contribution is 5.36. The maximum absolute atomic E-state index is 5.88. The maximum atomic E-state index is 5.88. The van der Waals surface area contributed by atoms with Crippen LogP contribution in [0.5, 0.6) is 5.75 Å². The summed E-state index contributed by atoms with van der Waals surface area (Å²) in [6.07, 6.45) is 4.79. The second-order valence-corrected chi connectivity index (χ2v) is 4.84. The number of nitrogens with one attached hydrogen (secondary N) is 1. The van der Waals surface area contributed by atoms with E-state index in [1.165, 1.54) is 30.4 Å². The third-order valence-electron chi connectivity index (χ3n) is 2.96. The van der Waals surface area contributed by atoms with Gasteiger partial charge in [0.05, 0.1) is 6.61 Å². The molecule has 0 amide bonds. The van der Waals surface area contributed by atoms with Gasteiger partial charge in [0, 0.05) is 12.1 Å². The van der Waals surface area contributed by atoms with Gasteiger partial charge in [0.25, 0.3) is 0 Å². The molecular formula is C16H27NO. The van der Waals surface area contributed by atoms with Crippen molar-refractivity contribution in [1.82, 2.24) is 5.32 Å². The van der Waals surface area contributed by atoms with Crippen LogP contribution in [0.1, 0.15) is 50.7 Å². The van der Waals surface area contributed by atoms with Crippen molar-refractivity contribution in [2.45, 2.75) is 53.0 Å². The van der Waals surface area contributed by atoms with Crippen molar-refractivity contribution < 1.29 is 4.74 Å². The fourth-order valence-electron chi connectivity index (χ4n) is 1.92. The molecule has 1 aromatic carbocycles. The van der Waals surface area contributed by atoms with Crippen molar-refractivity contribution in [2.75, 3.05) is 13.2 Å². The normalized spacial score (nSPS) is 10.6. The second-order valence-electron chi connectivity index (χ2n) is 4.84. The zero-order chi connectivity index (χ0) is 13.2. The summed E-state index contributed by atoms with van der Waals surface area (Å²) in [5.41, 5.74) is 2.57. The van der Waals surface area contributed by atoms with Crippen LogP contribution >= 0.6 is 0 Å². The molecule has 0 bridgehead atoms. The van der Waals surface area contributed by atoms with E-state index >= 15 is 0 Å². The molecule has 0 atom stereocenters. The molecule has 0 saturated heterocycles. The van der Waals surface area contributed by atoms with Gasteiger partial charge >= 0.3 is 0 Å². The second kappa shape index (κ2) is 8.98. The molecule has 0 spiro atoms. The Labute approximate surface area is 112 Å². The van der Waals surface area contributed by atoms with Crippen molar-refractivity contribution in [3.05, 3.63) is 29.3 Å². The van der Waals surface area contributed by atoms with Gasteiger partial charge < -0.3 is 10.1 Å². The minimum Gasteiger partial charge on any atom is -0.493 e. The van der Waals surface area contributed by atoms with Gasteiger partial charge in [-0.3, -0.25) is 0 Å². The largest absolute Gasteiger partial charge is 0.493 e. The summed E-state index contributed by atoms with van der Waals surface area (Å²) in [5.74, 6) is 1.04. The van der Waals surface area contributed by atoms with Gasteiger partial charge in [-0.1, -0.05) is 44.4 Å². The fraction of sp³-hybridized carbons (Fsp3) is 0.625. The summed E-state index contributed by atoms with van der Waals surface area (Å²) in [6.45, 7) is 9.32. The monoisotopic (exact) mass is 249 g/mol. The van der Waals surface area contributed by atoms with Crippen LogP contribution in [0, 0.1) is 6.92 Å². The number of hydrogen-bond donors (Lipinski definition) is 1. The Morgan fingerprint density at radius 1 is 1.11 bits per heavy atom. The Balaban J connectivity index is 2.52. The highest BCUT2D eigenvalue weighted by Gasteiger charge is 2.03. The number of aryl methyl sites for hydroxylation is 1. The van der Waals surface area contributed by atoms with E-state index in [1.54, 1.807) is 0 Å². The number of hydrogen-bond acceptors (Lipinski definition) is 2. The predicted octanol–water partition coefficient (Wildman–Crippen LogP) is 4.06. The molecule has 0 aliphatic rings. The minimum atomic E-state index is 0.831. The number of benzene rings is 1. The van der Waals surface area contributed by atoms with Gasteiger partial charge in [0.1, 0.15) is 5.75 Å². The van der Waals surface area contributed by atoms with Gasteiger partial charge in [-0.2, -0.15) is 0 Å². The molecule has 18 heavy (non-hydrogen) atoms. The Morgan fingerprint density at radius 2 is 1.94 bits per heavy atom. The Bertz CT molecular complexity index is 336. The zero-order valence-corrected chi connectivity index (χ0v) is 12.1. The number of ether oxygens (including phenoxy) is 1. The summed E-state index contributed by atoms with van der Waals surface area (Å²) < 4.78 is 5.88. The lowest BCUT2D eigenvalue weighted by molar-refractivity contribution is 0.302. The Hall–Kier alpha value is -1.02. The molecule has 102 valence electrons. The lowest BCUT2D eigenvalue weighted by atomic mass is 10.1.